The van der Waals surface area contributed by atoms with E-state index in [1.807, 2.05) is 0 Å². The number of thiazole rings is 1. The summed E-state index contributed by atoms with van der Waals surface area (Å²) in [5, 5.41) is 8.29. The number of nitrogens with one attached hydrogen (secondary N) is 2. The molecule has 1 rings (SSSR count). The lowest BCUT2D eigenvalue weighted by Gasteiger charge is -2.05. The molecule has 1 aromatic rings. The fourth-order valence-electron chi connectivity index (χ4n) is 1.12. The van der Waals surface area contributed by atoms with Gasteiger partial charge in [0, 0.05) is 12.2 Å². The van der Waals surface area contributed by atoms with Crippen molar-refractivity contribution in [2.45, 2.75) is 11.1 Å². The van der Waals surface area contributed by atoms with Crippen LogP contribution >= 0.6 is 11.3 Å². The number of aliphatic carboxylic acids is 1. The molecule has 0 fully saturated rings. The van der Waals surface area contributed by atoms with Crippen LogP contribution in [0.3, 0.4) is 0 Å². The number of hydrogen-bond acceptors (Lipinski definition) is 6. The van der Waals surface area contributed by atoms with E-state index in [1.54, 1.807) is 0 Å². The van der Waals surface area contributed by atoms with Crippen LogP contribution in [-0.2, 0) is 19.6 Å². The van der Waals surface area contributed by atoms with Crippen molar-refractivity contribution in [3.8, 4) is 0 Å². The third-order valence-electron chi connectivity index (χ3n) is 1.79. The predicted molar refractivity (Wildman–Crippen MR) is 63.3 cm³/mol. The summed E-state index contributed by atoms with van der Waals surface area (Å²) in [5.41, 5.74) is 0.268. The minimum absolute atomic E-state index is 0.0656. The first-order chi connectivity index (χ1) is 8.33. The number of rotatable bonds is 7. The van der Waals surface area contributed by atoms with Crippen LogP contribution in [0.4, 0.5) is 0 Å². The van der Waals surface area contributed by atoms with Crippen LogP contribution in [0.15, 0.2) is 9.00 Å². The van der Waals surface area contributed by atoms with E-state index in [1.165, 1.54) is 6.92 Å². The van der Waals surface area contributed by atoms with Crippen molar-refractivity contribution < 1.29 is 23.1 Å². The van der Waals surface area contributed by atoms with Gasteiger partial charge in [-0.3, -0.25) is 4.79 Å². The smallest absolute Gasteiger partial charge is 0.329 e. The van der Waals surface area contributed by atoms with Gasteiger partial charge in [-0.25, -0.2) is 17.9 Å². The highest BCUT2D eigenvalue weighted by molar-refractivity contribution is 7.91. The molecule has 8 nitrogen and oxygen atoms in total. The number of aryl methyl sites for hydroxylation is 1. The molecule has 18 heavy (non-hydrogen) atoms. The summed E-state index contributed by atoms with van der Waals surface area (Å²) < 4.78 is 30.3. The second-order valence-corrected chi connectivity index (χ2v) is 6.22. The molecule has 0 saturated carbocycles. The van der Waals surface area contributed by atoms with Crippen molar-refractivity contribution in [2.75, 3.05) is 19.8 Å². The fourth-order valence-corrected chi connectivity index (χ4v) is 3.48. The molecule has 0 spiro atoms. The number of sulfonamides is 1. The second kappa shape index (κ2) is 6.09. The van der Waals surface area contributed by atoms with Crippen molar-refractivity contribution in [3.63, 3.8) is 0 Å². The van der Waals surface area contributed by atoms with E-state index < -0.39 is 27.5 Å². The summed E-state index contributed by atoms with van der Waals surface area (Å²) in [6, 6.07) is 0. The SMILES string of the molecule is Cc1[nH]c(=O)sc1S(=O)(=O)NCCOCC(=O)O. The van der Waals surface area contributed by atoms with Gasteiger partial charge in [0.15, 0.2) is 4.21 Å². The lowest BCUT2D eigenvalue weighted by molar-refractivity contribution is -0.142. The standard InChI is InChI=1S/C8H12N2O6S2/c1-5-7(17-8(13)10-5)18(14,15)9-2-3-16-4-6(11)12/h9H,2-4H2,1H3,(H,10,13)(H,11,12). The molecule has 10 heteroatoms. The lowest BCUT2D eigenvalue weighted by Crippen LogP contribution is -2.28. The normalized spacial score (nSPS) is 11.6. The zero-order chi connectivity index (χ0) is 13.8. The quantitative estimate of drug-likeness (QED) is 0.561. The predicted octanol–water partition coefficient (Wildman–Crippen LogP) is -0.876. The van der Waals surface area contributed by atoms with Crippen LogP contribution in [0, 0.1) is 6.92 Å². The average Bonchev–Trinajstić information content (AvgIpc) is 2.57. The van der Waals surface area contributed by atoms with E-state index in [0.717, 1.165) is 0 Å². The van der Waals surface area contributed by atoms with Gasteiger partial charge in [0.05, 0.1) is 6.61 Å². The van der Waals surface area contributed by atoms with Gasteiger partial charge >= 0.3 is 10.8 Å². The van der Waals surface area contributed by atoms with Crippen LogP contribution in [0.2, 0.25) is 0 Å². The molecule has 3 N–H and O–H groups in total. The fraction of sp³-hybridized carbons (Fsp3) is 0.500. The topological polar surface area (TPSA) is 126 Å². The Morgan fingerprint density at radius 3 is 2.72 bits per heavy atom. The van der Waals surface area contributed by atoms with Crippen molar-refractivity contribution >= 4 is 27.3 Å². The maximum atomic E-state index is 11.7. The number of carboxylic acid groups (broad SMARTS) is 1. The van der Waals surface area contributed by atoms with Gasteiger partial charge in [-0.05, 0) is 6.92 Å². The van der Waals surface area contributed by atoms with Crippen molar-refractivity contribution in [1.29, 1.82) is 0 Å². The van der Waals surface area contributed by atoms with Crippen LogP contribution in [0.25, 0.3) is 0 Å². The van der Waals surface area contributed by atoms with Gasteiger partial charge in [0.1, 0.15) is 6.61 Å². The number of carbonyl (C=O) groups is 1. The molecule has 0 unspecified atom stereocenters. The average molecular weight is 296 g/mol. The Bertz CT molecular complexity index is 573. The molecule has 0 aliphatic rings. The number of hydrogen-bond donors (Lipinski definition) is 3. The minimum atomic E-state index is -3.76. The number of carboxylic acids is 1. The van der Waals surface area contributed by atoms with Crippen LogP contribution < -0.4 is 9.60 Å². The molecule has 0 aromatic carbocycles. The van der Waals surface area contributed by atoms with Crippen LogP contribution in [-0.4, -0.2) is 44.2 Å². The molecule has 0 radical (unpaired) electrons. The van der Waals surface area contributed by atoms with E-state index in [-0.39, 0.29) is 23.1 Å². The highest BCUT2D eigenvalue weighted by Gasteiger charge is 2.19. The molecule has 0 amide bonds. The maximum Gasteiger partial charge on any atom is 0.329 e. The third-order valence-corrected chi connectivity index (χ3v) is 4.86. The van der Waals surface area contributed by atoms with Gasteiger partial charge in [0.2, 0.25) is 0 Å². The van der Waals surface area contributed by atoms with E-state index in [2.05, 4.69) is 14.4 Å². The number of aromatic amines is 1. The Kier molecular flexibility index (Phi) is 5.02. The first kappa shape index (κ1) is 14.8. The van der Waals surface area contributed by atoms with E-state index in [4.69, 9.17) is 5.11 Å². The van der Waals surface area contributed by atoms with Crippen LogP contribution in [0.1, 0.15) is 5.69 Å². The second-order valence-electron chi connectivity index (χ2n) is 3.27. The molecule has 0 atom stereocenters. The Hall–Kier alpha value is -1.23. The summed E-state index contributed by atoms with van der Waals surface area (Å²) in [5.74, 6) is -1.13. The Morgan fingerprint density at radius 2 is 2.22 bits per heavy atom. The highest BCUT2D eigenvalue weighted by atomic mass is 32.2. The molecule has 0 aliphatic heterocycles. The zero-order valence-electron chi connectivity index (χ0n) is 9.43. The van der Waals surface area contributed by atoms with Crippen molar-refractivity contribution in [1.82, 2.24) is 9.71 Å². The molecule has 0 aliphatic carbocycles. The Labute approximate surface area is 107 Å². The Morgan fingerprint density at radius 1 is 1.56 bits per heavy atom. The number of aromatic nitrogens is 1. The van der Waals surface area contributed by atoms with Gasteiger partial charge in [-0.15, -0.1) is 0 Å². The monoisotopic (exact) mass is 296 g/mol. The molecular formula is C8H12N2O6S2. The largest absolute Gasteiger partial charge is 0.480 e. The van der Waals surface area contributed by atoms with Gasteiger partial charge in [-0.2, -0.15) is 0 Å². The Balaban J connectivity index is 2.53. The molecule has 1 heterocycles. The van der Waals surface area contributed by atoms with E-state index in [0.29, 0.717) is 11.3 Å². The molecule has 0 bridgehead atoms. The van der Waals surface area contributed by atoms with Gasteiger partial charge < -0.3 is 14.8 Å². The van der Waals surface area contributed by atoms with E-state index >= 15 is 0 Å². The first-order valence-electron chi connectivity index (χ1n) is 4.82. The minimum Gasteiger partial charge on any atom is -0.480 e. The first-order valence-corrected chi connectivity index (χ1v) is 7.12. The molecular weight excluding hydrogens is 284 g/mol. The lowest BCUT2D eigenvalue weighted by atomic mass is 10.6. The summed E-state index contributed by atoms with van der Waals surface area (Å²) in [6.45, 7) is 0.858. The van der Waals surface area contributed by atoms with Gasteiger partial charge in [-0.1, -0.05) is 11.3 Å². The summed E-state index contributed by atoms with van der Waals surface area (Å²) >= 11 is 0.593. The van der Waals surface area contributed by atoms with Crippen LogP contribution in [0.5, 0.6) is 0 Å². The maximum absolute atomic E-state index is 11.7. The van der Waals surface area contributed by atoms with Crippen molar-refractivity contribution in [2.24, 2.45) is 0 Å². The van der Waals surface area contributed by atoms with E-state index in [9.17, 15) is 18.0 Å². The highest BCUT2D eigenvalue weighted by Crippen LogP contribution is 2.14. The zero-order valence-corrected chi connectivity index (χ0v) is 11.1. The molecule has 102 valence electrons. The van der Waals surface area contributed by atoms with Crippen molar-refractivity contribution in [3.05, 3.63) is 15.4 Å². The summed E-state index contributed by atoms with van der Waals surface area (Å²) in [7, 11) is -3.76. The summed E-state index contributed by atoms with van der Waals surface area (Å²) in [6.07, 6.45) is 0. The number of ether oxygens (including phenoxy) is 1. The molecule has 0 saturated heterocycles. The van der Waals surface area contributed by atoms with Gasteiger partial charge in [0.25, 0.3) is 10.0 Å². The third kappa shape index (κ3) is 4.22. The molecule has 1 aromatic heterocycles. The summed E-state index contributed by atoms with van der Waals surface area (Å²) in [4.78, 5) is 23.0. The number of H-pyrrole nitrogens is 1.